The number of aromatic hydroxyl groups is 1. The first-order valence-corrected chi connectivity index (χ1v) is 10.9. The average Bonchev–Trinajstić information content (AvgIpc) is 3.29. The van der Waals surface area contributed by atoms with Crippen molar-refractivity contribution in [1.82, 2.24) is 0 Å². The van der Waals surface area contributed by atoms with Crippen molar-refractivity contribution in [2.24, 2.45) is 23.2 Å². The van der Waals surface area contributed by atoms with E-state index >= 15 is 0 Å². The SMILES string of the molecule is C[C@]12CC[C@@H]3c4ccc(O)cc4CC[C@H]3[C@@H]1CC[C@@]2(O)C#CC1C=CC(C=O)=C1. The minimum absolute atomic E-state index is 0.0764. The molecular weight excluding hydrogens is 360 g/mol. The molecule has 29 heavy (non-hydrogen) atoms. The number of aliphatic hydroxyl groups is 1. The molecule has 3 nitrogen and oxygen atoms in total. The van der Waals surface area contributed by atoms with Gasteiger partial charge >= 0.3 is 0 Å². The summed E-state index contributed by atoms with van der Waals surface area (Å²) in [6, 6.07) is 5.88. The molecule has 0 aromatic heterocycles. The summed E-state index contributed by atoms with van der Waals surface area (Å²) >= 11 is 0. The van der Waals surface area contributed by atoms with Crippen LogP contribution in [0.25, 0.3) is 0 Å². The minimum Gasteiger partial charge on any atom is -0.508 e. The van der Waals surface area contributed by atoms with E-state index in [2.05, 4.69) is 24.8 Å². The van der Waals surface area contributed by atoms with Crippen molar-refractivity contribution in [2.75, 3.05) is 0 Å². The molecule has 5 rings (SSSR count). The van der Waals surface area contributed by atoms with E-state index in [0.717, 1.165) is 44.8 Å². The standard InChI is InChI=1S/C26H28O3/c1-25-11-9-22-21-7-5-20(28)15-19(21)4-6-23(22)24(25)10-13-26(25,29)12-8-17-2-3-18(14-17)16-27/h2-3,5,7,14-17,22-24,28-29H,4,6,9-11,13H2,1H3/t17?,22-,23-,24+,25+,26+/m1/s1. The zero-order valence-electron chi connectivity index (χ0n) is 16.9. The molecular formula is C26H28O3. The molecule has 0 spiro atoms. The first kappa shape index (κ1) is 18.7. The number of aryl methyl sites for hydroxylation is 1. The Bertz CT molecular complexity index is 977. The molecule has 1 aromatic carbocycles. The predicted molar refractivity (Wildman–Crippen MR) is 112 cm³/mol. The Kier molecular flexibility index (Phi) is 4.26. The number of carbonyl (C=O) groups excluding carboxylic acids is 1. The molecule has 2 saturated carbocycles. The van der Waals surface area contributed by atoms with Crippen LogP contribution in [0.4, 0.5) is 0 Å². The van der Waals surface area contributed by atoms with Gasteiger partial charge in [0.2, 0.25) is 0 Å². The number of benzene rings is 1. The molecule has 0 radical (unpaired) electrons. The molecule has 6 atom stereocenters. The summed E-state index contributed by atoms with van der Waals surface area (Å²) in [4.78, 5) is 10.9. The molecule has 4 aliphatic rings. The van der Waals surface area contributed by atoms with Crippen molar-refractivity contribution in [3.05, 3.63) is 53.1 Å². The fourth-order valence-corrected chi connectivity index (χ4v) is 6.69. The molecule has 0 saturated heterocycles. The van der Waals surface area contributed by atoms with Crippen molar-refractivity contribution in [1.29, 1.82) is 0 Å². The average molecular weight is 389 g/mol. The number of hydrogen-bond acceptors (Lipinski definition) is 3. The zero-order valence-corrected chi connectivity index (χ0v) is 16.9. The van der Waals surface area contributed by atoms with Gasteiger partial charge in [0.15, 0.2) is 0 Å². The molecule has 1 aromatic rings. The Morgan fingerprint density at radius 3 is 2.86 bits per heavy atom. The van der Waals surface area contributed by atoms with E-state index in [1.165, 1.54) is 11.1 Å². The lowest BCUT2D eigenvalue weighted by Crippen LogP contribution is -2.50. The molecule has 4 aliphatic carbocycles. The second-order valence-corrected chi connectivity index (χ2v) is 9.59. The van der Waals surface area contributed by atoms with Crippen molar-refractivity contribution >= 4 is 6.29 Å². The van der Waals surface area contributed by atoms with Gasteiger partial charge in [0, 0.05) is 11.0 Å². The number of aldehydes is 1. The molecule has 0 amide bonds. The van der Waals surface area contributed by atoms with Gasteiger partial charge < -0.3 is 10.2 Å². The van der Waals surface area contributed by atoms with Crippen LogP contribution in [0.15, 0.2) is 42.0 Å². The number of phenols is 1. The van der Waals surface area contributed by atoms with Crippen molar-refractivity contribution < 1.29 is 15.0 Å². The van der Waals surface area contributed by atoms with Gasteiger partial charge in [-0.25, -0.2) is 0 Å². The van der Waals surface area contributed by atoms with Crippen LogP contribution in [0.1, 0.15) is 56.1 Å². The van der Waals surface area contributed by atoms with Crippen LogP contribution >= 0.6 is 0 Å². The lowest BCUT2D eigenvalue weighted by atomic mass is 9.53. The summed E-state index contributed by atoms with van der Waals surface area (Å²) in [6.07, 6.45) is 12.4. The maximum atomic E-state index is 11.6. The first-order valence-electron chi connectivity index (χ1n) is 10.9. The summed E-state index contributed by atoms with van der Waals surface area (Å²) in [5.41, 5.74) is 2.23. The molecule has 0 aliphatic heterocycles. The van der Waals surface area contributed by atoms with Crippen LogP contribution in [-0.4, -0.2) is 22.1 Å². The molecule has 2 fully saturated rings. The van der Waals surface area contributed by atoms with Gasteiger partial charge in [-0.2, -0.15) is 0 Å². The number of rotatable bonds is 1. The number of hydrogen-bond donors (Lipinski definition) is 2. The lowest BCUT2D eigenvalue weighted by molar-refractivity contribution is -0.104. The quantitative estimate of drug-likeness (QED) is 0.557. The molecule has 1 unspecified atom stereocenters. The van der Waals surface area contributed by atoms with Gasteiger partial charge in [-0.05, 0) is 79.5 Å². The summed E-state index contributed by atoms with van der Waals surface area (Å²) < 4.78 is 0. The van der Waals surface area contributed by atoms with E-state index in [9.17, 15) is 15.0 Å². The summed E-state index contributed by atoms with van der Waals surface area (Å²) in [7, 11) is 0. The third kappa shape index (κ3) is 2.81. The van der Waals surface area contributed by atoms with E-state index in [1.807, 2.05) is 24.3 Å². The van der Waals surface area contributed by atoms with Gasteiger partial charge in [0.25, 0.3) is 0 Å². The van der Waals surface area contributed by atoms with Crippen molar-refractivity contribution in [2.45, 2.75) is 57.0 Å². The number of fused-ring (bicyclic) bond motifs is 5. The Morgan fingerprint density at radius 1 is 1.21 bits per heavy atom. The maximum Gasteiger partial charge on any atom is 0.149 e. The summed E-state index contributed by atoms with van der Waals surface area (Å²) in [5, 5.41) is 21.5. The van der Waals surface area contributed by atoms with E-state index in [-0.39, 0.29) is 11.3 Å². The van der Waals surface area contributed by atoms with Crippen LogP contribution in [0, 0.1) is 35.0 Å². The molecule has 3 heteroatoms. The Hall–Kier alpha value is -2.31. The highest BCUT2D eigenvalue weighted by molar-refractivity contribution is 5.79. The summed E-state index contributed by atoms with van der Waals surface area (Å²) in [6.45, 7) is 2.25. The minimum atomic E-state index is -0.955. The monoisotopic (exact) mass is 388 g/mol. The van der Waals surface area contributed by atoms with Crippen molar-refractivity contribution in [3.63, 3.8) is 0 Å². The van der Waals surface area contributed by atoms with Crippen molar-refractivity contribution in [3.8, 4) is 17.6 Å². The highest BCUT2D eigenvalue weighted by Gasteiger charge is 2.61. The van der Waals surface area contributed by atoms with E-state index in [4.69, 9.17) is 0 Å². The maximum absolute atomic E-state index is 11.6. The van der Waals surface area contributed by atoms with E-state index in [0.29, 0.717) is 29.1 Å². The largest absolute Gasteiger partial charge is 0.508 e. The number of carbonyl (C=O) groups is 1. The lowest BCUT2D eigenvalue weighted by Gasteiger charge is -2.52. The molecule has 150 valence electrons. The van der Waals surface area contributed by atoms with Crippen LogP contribution in [-0.2, 0) is 11.2 Å². The van der Waals surface area contributed by atoms with Crippen LogP contribution in [0.3, 0.4) is 0 Å². The van der Waals surface area contributed by atoms with Gasteiger partial charge in [0.1, 0.15) is 17.6 Å². The van der Waals surface area contributed by atoms with E-state index in [1.54, 1.807) is 6.08 Å². The normalized spacial score (nSPS) is 39.6. The fraction of sp³-hybridized carbons (Fsp3) is 0.500. The molecule has 2 N–H and O–H groups in total. The summed E-state index contributed by atoms with van der Waals surface area (Å²) in [5.74, 6) is 8.37. The first-order chi connectivity index (χ1) is 13.9. The van der Waals surface area contributed by atoms with Gasteiger partial charge in [-0.3, -0.25) is 4.79 Å². The number of phenolic OH excluding ortho intramolecular Hbond substituents is 1. The van der Waals surface area contributed by atoms with Crippen LogP contribution in [0.2, 0.25) is 0 Å². The van der Waals surface area contributed by atoms with Crippen LogP contribution < -0.4 is 0 Å². The number of allylic oxidation sites excluding steroid dienone is 4. The van der Waals surface area contributed by atoms with Gasteiger partial charge in [-0.1, -0.05) is 43.1 Å². The predicted octanol–water partition coefficient (Wildman–Crippen LogP) is 4.29. The van der Waals surface area contributed by atoms with Gasteiger partial charge in [0.05, 0.1) is 5.92 Å². The van der Waals surface area contributed by atoms with Gasteiger partial charge in [-0.15, -0.1) is 0 Å². The second kappa shape index (κ2) is 6.61. The third-order valence-corrected chi connectivity index (χ3v) is 8.31. The smallest absolute Gasteiger partial charge is 0.149 e. The molecule has 0 bridgehead atoms. The van der Waals surface area contributed by atoms with E-state index < -0.39 is 5.60 Å². The highest BCUT2D eigenvalue weighted by Crippen LogP contribution is 2.64. The fourth-order valence-electron chi connectivity index (χ4n) is 6.69. The Balaban J connectivity index is 1.42. The highest BCUT2D eigenvalue weighted by atomic mass is 16.3. The Labute approximate surface area is 172 Å². The third-order valence-electron chi connectivity index (χ3n) is 8.31. The van der Waals surface area contributed by atoms with Crippen LogP contribution in [0.5, 0.6) is 5.75 Å². The zero-order chi connectivity index (χ0) is 20.2. The topological polar surface area (TPSA) is 57.5 Å². The second-order valence-electron chi connectivity index (χ2n) is 9.59. The molecule has 0 heterocycles. The Morgan fingerprint density at radius 2 is 2.07 bits per heavy atom.